The Bertz CT molecular complexity index is 600. The van der Waals surface area contributed by atoms with E-state index in [0.717, 1.165) is 29.1 Å². The van der Waals surface area contributed by atoms with Gasteiger partial charge in [-0.1, -0.05) is 12.1 Å². The van der Waals surface area contributed by atoms with Gasteiger partial charge in [0, 0.05) is 6.54 Å². The second kappa shape index (κ2) is 8.14. The molecule has 6 nitrogen and oxygen atoms in total. The van der Waals surface area contributed by atoms with E-state index >= 15 is 0 Å². The quantitative estimate of drug-likeness (QED) is 0.718. The van der Waals surface area contributed by atoms with Crippen molar-refractivity contribution in [1.82, 2.24) is 10.2 Å². The Morgan fingerprint density at radius 2 is 1.95 bits per heavy atom. The van der Waals surface area contributed by atoms with Crippen molar-refractivity contribution in [3.05, 3.63) is 29.8 Å². The van der Waals surface area contributed by atoms with Crippen molar-refractivity contribution < 1.29 is 13.2 Å². The van der Waals surface area contributed by atoms with Gasteiger partial charge in [0.15, 0.2) is 0 Å². The minimum absolute atomic E-state index is 0.204. The van der Waals surface area contributed by atoms with E-state index in [1.807, 2.05) is 32.0 Å². The Morgan fingerprint density at radius 1 is 1.27 bits per heavy atom. The van der Waals surface area contributed by atoms with E-state index in [1.165, 1.54) is 0 Å². The predicted octanol–water partition coefficient (Wildman–Crippen LogP) is 0.829. The molecule has 0 aromatic heterocycles. The van der Waals surface area contributed by atoms with Crippen molar-refractivity contribution in [2.75, 3.05) is 44.3 Å². The predicted molar refractivity (Wildman–Crippen MR) is 89.5 cm³/mol. The van der Waals surface area contributed by atoms with Gasteiger partial charge in [-0.3, -0.25) is 9.10 Å². The number of nitrogens with zero attached hydrogens (tertiary/aromatic N) is 2. The number of sulfonamides is 1. The number of aryl methyl sites for hydroxylation is 1. The van der Waals surface area contributed by atoms with Crippen LogP contribution in [0.5, 0.6) is 0 Å². The van der Waals surface area contributed by atoms with Gasteiger partial charge >= 0.3 is 0 Å². The SMILES string of the molecule is Cc1cccc(N(CC(=O)NCCCN(C)C)S(C)(=O)=O)c1. The number of rotatable bonds is 8. The molecule has 0 aliphatic heterocycles. The van der Waals surface area contributed by atoms with Crippen molar-refractivity contribution >= 4 is 21.6 Å². The normalized spacial score (nSPS) is 11.5. The van der Waals surface area contributed by atoms with Crippen LogP contribution in [0.3, 0.4) is 0 Å². The molecule has 0 saturated heterocycles. The zero-order valence-corrected chi connectivity index (χ0v) is 14.5. The number of hydrogen-bond acceptors (Lipinski definition) is 4. The summed E-state index contributed by atoms with van der Waals surface area (Å²) in [5, 5.41) is 2.75. The summed E-state index contributed by atoms with van der Waals surface area (Å²) >= 11 is 0. The molecule has 0 spiro atoms. The monoisotopic (exact) mass is 327 g/mol. The van der Waals surface area contributed by atoms with E-state index in [4.69, 9.17) is 0 Å². The number of carbonyl (C=O) groups is 1. The number of amides is 1. The van der Waals surface area contributed by atoms with Crippen molar-refractivity contribution in [2.24, 2.45) is 0 Å². The zero-order valence-electron chi connectivity index (χ0n) is 13.7. The highest BCUT2D eigenvalue weighted by molar-refractivity contribution is 7.92. The molecule has 1 aromatic rings. The summed E-state index contributed by atoms with van der Waals surface area (Å²) in [6.45, 7) is 3.08. The zero-order chi connectivity index (χ0) is 16.8. The molecule has 1 rings (SSSR count). The first-order chi connectivity index (χ1) is 10.2. The fraction of sp³-hybridized carbons (Fsp3) is 0.533. The highest BCUT2D eigenvalue weighted by atomic mass is 32.2. The lowest BCUT2D eigenvalue weighted by molar-refractivity contribution is -0.119. The standard InChI is InChI=1S/C15H25N3O3S/c1-13-7-5-8-14(11-13)18(22(4,20)21)12-15(19)16-9-6-10-17(2)3/h5,7-8,11H,6,9-10,12H2,1-4H3,(H,16,19). The van der Waals surface area contributed by atoms with Crippen LogP contribution in [0.25, 0.3) is 0 Å². The Morgan fingerprint density at radius 3 is 2.50 bits per heavy atom. The summed E-state index contributed by atoms with van der Waals surface area (Å²) in [7, 11) is 0.417. The summed E-state index contributed by atoms with van der Waals surface area (Å²) in [6.07, 6.45) is 1.93. The Labute approximate surface area is 133 Å². The second-order valence-corrected chi connectivity index (χ2v) is 7.52. The van der Waals surface area contributed by atoms with Crippen LogP contribution < -0.4 is 9.62 Å². The number of benzene rings is 1. The van der Waals surface area contributed by atoms with Gasteiger partial charge in [0.1, 0.15) is 6.54 Å². The molecule has 0 unspecified atom stereocenters. The van der Waals surface area contributed by atoms with Gasteiger partial charge in [0.05, 0.1) is 11.9 Å². The first kappa shape index (κ1) is 18.4. The van der Waals surface area contributed by atoms with Gasteiger partial charge in [-0.05, 0) is 51.7 Å². The molecule has 1 amide bonds. The van der Waals surface area contributed by atoms with Crippen molar-refractivity contribution in [2.45, 2.75) is 13.3 Å². The highest BCUT2D eigenvalue weighted by Crippen LogP contribution is 2.18. The van der Waals surface area contributed by atoms with Crippen LogP contribution in [-0.2, 0) is 14.8 Å². The fourth-order valence-electron chi connectivity index (χ4n) is 1.99. The lowest BCUT2D eigenvalue weighted by Crippen LogP contribution is -2.41. The molecular weight excluding hydrogens is 302 g/mol. The van der Waals surface area contributed by atoms with Gasteiger partial charge in [-0.15, -0.1) is 0 Å². The van der Waals surface area contributed by atoms with Crippen LogP contribution in [-0.4, -0.2) is 59.2 Å². The number of carbonyl (C=O) groups excluding carboxylic acids is 1. The lowest BCUT2D eigenvalue weighted by Gasteiger charge is -2.22. The van der Waals surface area contributed by atoms with Crippen molar-refractivity contribution in [3.63, 3.8) is 0 Å². The molecule has 0 heterocycles. The average Bonchev–Trinajstić information content (AvgIpc) is 2.39. The van der Waals surface area contributed by atoms with Gasteiger partial charge < -0.3 is 10.2 Å². The molecule has 22 heavy (non-hydrogen) atoms. The molecule has 7 heteroatoms. The van der Waals surface area contributed by atoms with E-state index in [2.05, 4.69) is 5.32 Å². The van der Waals surface area contributed by atoms with Gasteiger partial charge in [0.25, 0.3) is 0 Å². The smallest absolute Gasteiger partial charge is 0.240 e. The first-order valence-electron chi connectivity index (χ1n) is 7.16. The van der Waals surface area contributed by atoms with Crippen molar-refractivity contribution in [1.29, 1.82) is 0 Å². The van der Waals surface area contributed by atoms with E-state index in [1.54, 1.807) is 18.2 Å². The van der Waals surface area contributed by atoms with E-state index in [9.17, 15) is 13.2 Å². The largest absolute Gasteiger partial charge is 0.354 e. The maximum absolute atomic E-state index is 12.0. The minimum atomic E-state index is -3.51. The summed E-state index contributed by atoms with van der Waals surface area (Å²) in [6, 6.07) is 7.09. The van der Waals surface area contributed by atoms with Gasteiger partial charge in [0.2, 0.25) is 15.9 Å². The maximum atomic E-state index is 12.0. The Balaban J connectivity index is 2.69. The molecular formula is C15H25N3O3S. The first-order valence-corrected chi connectivity index (χ1v) is 9.01. The van der Waals surface area contributed by atoms with Crippen LogP contribution in [0.2, 0.25) is 0 Å². The fourth-order valence-corrected chi connectivity index (χ4v) is 2.84. The van der Waals surface area contributed by atoms with E-state index in [-0.39, 0.29) is 12.5 Å². The molecule has 0 saturated carbocycles. The van der Waals surface area contributed by atoms with Crippen LogP contribution >= 0.6 is 0 Å². The molecule has 0 aliphatic rings. The van der Waals surface area contributed by atoms with Gasteiger partial charge in [-0.25, -0.2) is 8.42 Å². The third-order valence-corrected chi connectivity index (χ3v) is 4.22. The number of nitrogens with one attached hydrogen (secondary N) is 1. The summed E-state index contributed by atoms with van der Waals surface area (Å²) in [5.74, 6) is -0.300. The highest BCUT2D eigenvalue weighted by Gasteiger charge is 2.20. The van der Waals surface area contributed by atoms with Crippen LogP contribution in [0.1, 0.15) is 12.0 Å². The number of hydrogen-bond donors (Lipinski definition) is 1. The molecule has 0 radical (unpaired) electrons. The maximum Gasteiger partial charge on any atom is 0.240 e. The molecule has 1 aromatic carbocycles. The van der Waals surface area contributed by atoms with E-state index in [0.29, 0.717) is 12.2 Å². The van der Waals surface area contributed by atoms with Crippen LogP contribution in [0, 0.1) is 6.92 Å². The minimum Gasteiger partial charge on any atom is -0.354 e. The van der Waals surface area contributed by atoms with E-state index < -0.39 is 10.0 Å². The Hall–Kier alpha value is -1.60. The lowest BCUT2D eigenvalue weighted by atomic mass is 10.2. The third kappa shape index (κ3) is 6.44. The number of anilines is 1. The van der Waals surface area contributed by atoms with Crippen LogP contribution in [0.4, 0.5) is 5.69 Å². The second-order valence-electron chi connectivity index (χ2n) is 5.62. The topological polar surface area (TPSA) is 69.7 Å². The molecule has 124 valence electrons. The summed E-state index contributed by atoms with van der Waals surface area (Å²) in [4.78, 5) is 14.0. The molecule has 0 bridgehead atoms. The molecule has 1 N–H and O–H groups in total. The van der Waals surface area contributed by atoms with Crippen LogP contribution in [0.15, 0.2) is 24.3 Å². The van der Waals surface area contributed by atoms with Crippen molar-refractivity contribution in [3.8, 4) is 0 Å². The third-order valence-electron chi connectivity index (χ3n) is 3.08. The molecule has 0 fully saturated rings. The Kier molecular flexibility index (Phi) is 6.83. The summed E-state index contributed by atoms with van der Waals surface area (Å²) < 4.78 is 25.0. The van der Waals surface area contributed by atoms with Gasteiger partial charge in [-0.2, -0.15) is 0 Å². The molecule has 0 aliphatic carbocycles. The summed E-state index contributed by atoms with van der Waals surface area (Å²) in [5.41, 5.74) is 1.45. The average molecular weight is 327 g/mol. The molecule has 0 atom stereocenters.